The summed E-state index contributed by atoms with van der Waals surface area (Å²) in [6.45, 7) is 5.85. The Labute approximate surface area is 205 Å². The van der Waals surface area contributed by atoms with Crippen molar-refractivity contribution in [3.05, 3.63) is 71.2 Å². The summed E-state index contributed by atoms with van der Waals surface area (Å²) >= 11 is 0. The Morgan fingerprint density at radius 3 is 2.51 bits per heavy atom. The number of halogens is 1. The Morgan fingerprint density at radius 2 is 1.80 bits per heavy atom. The number of benzene rings is 2. The van der Waals surface area contributed by atoms with Crippen LogP contribution in [-0.2, 0) is 11.2 Å². The number of carbonyl (C=O) groups excluding carboxylic acids is 2. The van der Waals surface area contributed by atoms with E-state index in [1.165, 1.54) is 17.7 Å². The molecule has 2 amide bonds. The molecule has 35 heavy (non-hydrogen) atoms. The zero-order valence-corrected chi connectivity index (χ0v) is 20.6. The van der Waals surface area contributed by atoms with E-state index in [1.54, 1.807) is 13.0 Å². The fourth-order valence-electron chi connectivity index (χ4n) is 7.57. The quantitative estimate of drug-likeness (QED) is 0.566. The van der Waals surface area contributed by atoms with Gasteiger partial charge in [-0.3, -0.25) is 9.59 Å². The monoisotopic (exact) mass is 473 g/mol. The third kappa shape index (κ3) is 3.25. The Balaban J connectivity index is 1.46. The van der Waals surface area contributed by atoms with E-state index in [9.17, 15) is 14.0 Å². The highest BCUT2D eigenvalue weighted by Crippen LogP contribution is 2.57. The van der Waals surface area contributed by atoms with Gasteiger partial charge in [0.25, 0.3) is 5.91 Å². The molecule has 182 valence electrons. The van der Waals surface area contributed by atoms with E-state index >= 15 is 0 Å². The maximum absolute atomic E-state index is 14.3. The lowest BCUT2D eigenvalue weighted by Crippen LogP contribution is -2.62. The van der Waals surface area contributed by atoms with Crippen LogP contribution in [-0.4, -0.2) is 50.8 Å². The van der Waals surface area contributed by atoms with Crippen LogP contribution in [0.4, 0.5) is 4.39 Å². The number of hydrogen-bond donors (Lipinski definition) is 1. The number of aromatic nitrogens is 1. The molecule has 6 heteroatoms. The molecule has 2 bridgehead atoms. The minimum atomic E-state index is -0.307. The molecule has 1 aromatic heterocycles. The number of aryl methyl sites for hydroxylation is 1. The van der Waals surface area contributed by atoms with Crippen molar-refractivity contribution in [1.82, 2.24) is 14.8 Å². The average molecular weight is 474 g/mol. The molecule has 1 aliphatic carbocycles. The third-order valence-electron chi connectivity index (χ3n) is 9.08. The van der Waals surface area contributed by atoms with Crippen molar-refractivity contribution < 1.29 is 14.0 Å². The molecule has 3 fully saturated rings. The number of nitrogens with zero attached hydrogens (tertiary/aromatic N) is 2. The lowest BCUT2D eigenvalue weighted by molar-refractivity contribution is -0.142. The molecule has 2 aromatic carbocycles. The number of nitrogens with one attached hydrogen (secondary N) is 1. The zero-order chi connectivity index (χ0) is 24.5. The van der Waals surface area contributed by atoms with Crippen molar-refractivity contribution in [2.45, 2.75) is 77.0 Å². The Hall–Kier alpha value is -3.15. The third-order valence-corrected chi connectivity index (χ3v) is 9.08. The molecular weight excluding hydrogens is 441 g/mol. The van der Waals surface area contributed by atoms with Crippen molar-refractivity contribution in [2.75, 3.05) is 0 Å². The van der Waals surface area contributed by atoms with E-state index in [4.69, 9.17) is 0 Å². The van der Waals surface area contributed by atoms with Crippen LogP contribution in [0.15, 0.2) is 48.5 Å². The first kappa shape index (κ1) is 22.3. The minimum Gasteiger partial charge on any atom is -0.350 e. The number of likely N-dealkylation sites (tertiary alicyclic amines) is 2. The fraction of sp³-hybridized carbons (Fsp3) is 0.448. The van der Waals surface area contributed by atoms with Crippen LogP contribution in [0, 0.1) is 18.2 Å². The van der Waals surface area contributed by atoms with Crippen LogP contribution < -0.4 is 0 Å². The molecule has 0 radical (unpaired) electrons. The molecule has 3 heterocycles. The predicted molar refractivity (Wildman–Crippen MR) is 134 cm³/mol. The molecule has 3 aromatic rings. The van der Waals surface area contributed by atoms with E-state index in [0.29, 0.717) is 5.69 Å². The molecule has 0 spiro atoms. The van der Waals surface area contributed by atoms with E-state index in [1.807, 2.05) is 25.1 Å². The lowest BCUT2D eigenvalue weighted by Gasteiger charge is -2.52. The Morgan fingerprint density at radius 1 is 1.09 bits per heavy atom. The van der Waals surface area contributed by atoms with Crippen molar-refractivity contribution >= 4 is 22.7 Å². The fourth-order valence-corrected chi connectivity index (χ4v) is 7.57. The van der Waals surface area contributed by atoms with Crippen LogP contribution in [0.3, 0.4) is 0 Å². The van der Waals surface area contributed by atoms with Gasteiger partial charge in [-0.05, 0) is 68.4 Å². The summed E-state index contributed by atoms with van der Waals surface area (Å²) in [5, 5.41) is 0.745. The van der Waals surface area contributed by atoms with Crippen LogP contribution in [0.2, 0.25) is 0 Å². The molecule has 2 aliphatic heterocycles. The highest BCUT2D eigenvalue weighted by Gasteiger charge is 2.64. The second-order valence-electron chi connectivity index (χ2n) is 11.0. The van der Waals surface area contributed by atoms with Gasteiger partial charge >= 0.3 is 0 Å². The first-order chi connectivity index (χ1) is 16.8. The van der Waals surface area contributed by atoms with Gasteiger partial charge in [0, 0.05) is 35.3 Å². The Bertz CT molecular complexity index is 1320. The van der Waals surface area contributed by atoms with Crippen LogP contribution in [0.5, 0.6) is 0 Å². The smallest absolute Gasteiger partial charge is 0.271 e. The predicted octanol–water partition coefficient (Wildman–Crippen LogP) is 5.23. The van der Waals surface area contributed by atoms with Gasteiger partial charge < -0.3 is 14.8 Å². The molecule has 5 nitrogen and oxygen atoms in total. The number of hydrogen-bond acceptors (Lipinski definition) is 2. The van der Waals surface area contributed by atoms with Gasteiger partial charge in [0.05, 0.1) is 12.1 Å². The topological polar surface area (TPSA) is 56.4 Å². The molecule has 1 N–H and O–H groups in total. The second kappa shape index (κ2) is 7.94. The molecule has 2 saturated heterocycles. The van der Waals surface area contributed by atoms with Gasteiger partial charge in [0.2, 0.25) is 5.91 Å². The first-order valence-corrected chi connectivity index (χ1v) is 12.7. The second-order valence-corrected chi connectivity index (χ2v) is 11.0. The molecule has 5 atom stereocenters. The molecule has 1 saturated carbocycles. The summed E-state index contributed by atoms with van der Waals surface area (Å²) in [4.78, 5) is 34.9. The average Bonchev–Trinajstić information content (AvgIpc) is 3.33. The number of H-pyrrole nitrogens is 1. The standard InChI is InChI=1S/C29H32FN3O2/c1-17-21-15-20(30)12-13-22(21)31-27(17)28(35)33-24-16-29(3)25(10-7-11-26(29)33)32(18(2)34)23(24)14-19-8-5-4-6-9-19/h4-6,8-9,12-13,15,23-26,31H,7,10-11,14,16H2,1-3H3/t23-,24-,25+,26-,29+/m0/s1. The van der Waals surface area contributed by atoms with Crippen molar-refractivity contribution in [2.24, 2.45) is 5.41 Å². The van der Waals surface area contributed by atoms with Crippen LogP contribution in [0.1, 0.15) is 61.1 Å². The lowest BCUT2D eigenvalue weighted by atomic mass is 9.64. The van der Waals surface area contributed by atoms with Gasteiger partial charge in [-0.15, -0.1) is 0 Å². The number of aromatic amines is 1. The van der Waals surface area contributed by atoms with Gasteiger partial charge in [-0.2, -0.15) is 0 Å². The summed E-state index contributed by atoms with van der Waals surface area (Å²) in [5.74, 6) is -0.237. The SMILES string of the molecule is CC(=O)N1[C@@H](Cc2ccccc2)[C@@H]2C[C@@]3(C)[C@H](CCC[C@@H]13)N2C(=O)c1[nH]c2ccc(F)cc2c1C. The summed E-state index contributed by atoms with van der Waals surface area (Å²) in [7, 11) is 0. The van der Waals surface area contributed by atoms with Gasteiger partial charge in [0.15, 0.2) is 0 Å². The van der Waals surface area contributed by atoms with Crippen molar-refractivity contribution in [1.29, 1.82) is 0 Å². The van der Waals surface area contributed by atoms with Gasteiger partial charge in [-0.25, -0.2) is 4.39 Å². The molecule has 0 unspecified atom stereocenters. The van der Waals surface area contributed by atoms with E-state index in [2.05, 4.69) is 33.8 Å². The van der Waals surface area contributed by atoms with Crippen molar-refractivity contribution in [3.63, 3.8) is 0 Å². The summed E-state index contributed by atoms with van der Waals surface area (Å²) < 4.78 is 14.0. The summed E-state index contributed by atoms with van der Waals surface area (Å²) in [6, 6.07) is 15.0. The number of rotatable bonds is 3. The maximum Gasteiger partial charge on any atom is 0.271 e. The first-order valence-electron chi connectivity index (χ1n) is 12.7. The Kier molecular flexibility index (Phi) is 5.06. The number of fused-ring (bicyclic) bond motifs is 2. The summed E-state index contributed by atoms with van der Waals surface area (Å²) in [5.41, 5.74) is 3.15. The van der Waals surface area contributed by atoms with Crippen LogP contribution >= 0.6 is 0 Å². The van der Waals surface area contributed by atoms with E-state index in [0.717, 1.165) is 48.6 Å². The normalized spacial score (nSPS) is 29.6. The van der Waals surface area contributed by atoms with Crippen molar-refractivity contribution in [3.8, 4) is 0 Å². The van der Waals surface area contributed by atoms with E-state index in [-0.39, 0.29) is 47.2 Å². The minimum absolute atomic E-state index is 0.0260. The van der Waals surface area contributed by atoms with Gasteiger partial charge in [-0.1, -0.05) is 37.3 Å². The number of piperidine rings is 1. The van der Waals surface area contributed by atoms with Crippen LogP contribution in [0.25, 0.3) is 10.9 Å². The molecule has 3 aliphatic rings. The molecular formula is C29H32FN3O2. The van der Waals surface area contributed by atoms with Gasteiger partial charge in [0.1, 0.15) is 11.5 Å². The number of amides is 2. The highest BCUT2D eigenvalue weighted by molar-refractivity contribution is 6.01. The van der Waals surface area contributed by atoms with E-state index < -0.39 is 0 Å². The molecule has 6 rings (SSSR count). The maximum atomic E-state index is 14.3. The largest absolute Gasteiger partial charge is 0.350 e. The summed E-state index contributed by atoms with van der Waals surface area (Å²) in [6.07, 6.45) is 4.57. The zero-order valence-electron chi connectivity index (χ0n) is 20.6. The number of carbonyl (C=O) groups is 2. The highest BCUT2D eigenvalue weighted by atomic mass is 19.1.